The molecule has 2 aromatic heterocycles. The van der Waals surface area contributed by atoms with Crippen molar-refractivity contribution < 1.29 is 4.39 Å². The van der Waals surface area contributed by atoms with Gasteiger partial charge in [0.15, 0.2) is 0 Å². The monoisotopic (exact) mass is 363 g/mol. The topological polar surface area (TPSA) is 30.7 Å². The Morgan fingerprint density at radius 1 is 1.04 bits per heavy atom. The molecule has 0 N–H and O–H groups in total. The summed E-state index contributed by atoms with van der Waals surface area (Å²) in [5, 5.41) is 1.20. The molecule has 0 unspecified atom stereocenters. The molecule has 0 amide bonds. The number of hydrogen-bond donors (Lipinski definition) is 0. The van der Waals surface area contributed by atoms with Gasteiger partial charge in [-0.3, -0.25) is 4.98 Å². The number of aromatic nitrogens is 3. The Bertz CT molecular complexity index is 1150. The van der Waals surface area contributed by atoms with E-state index in [1.807, 2.05) is 12.1 Å². The average Bonchev–Trinajstić information content (AvgIpc) is 3.24. The zero-order valence-electron chi connectivity index (χ0n) is 13.9. The van der Waals surface area contributed by atoms with Crippen LogP contribution in [0.25, 0.3) is 33.4 Å². The molecule has 0 bridgehead atoms. The van der Waals surface area contributed by atoms with Crippen LogP contribution in [0.2, 0.25) is 5.02 Å². The number of rotatable bonds is 2. The molecule has 2 aromatic carbocycles. The minimum absolute atomic E-state index is 0.115. The van der Waals surface area contributed by atoms with E-state index >= 15 is 0 Å². The Balaban J connectivity index is 1.75. The van der Waals surface area contributed by atoms with Crippen molar-refractivity contribution in [3.05, 3.63) is 71.4 Å². The third kappa shape index (κ3) is 2.41. The number of fused-ring (bicyclic) bond motifs is 2. The normalized spacial score (nSPS) is 13.3. The van der Waals surface area contributed by atoms with Crippen LogP contribution in [0, 0.1) is 5.82 Å². The number of imidazole rings is 1. The third-order valence-electron chi connectivity index (χ3n) is 4.90. The second-order valence-electron chi connectivity index (χ2n) is 6.52. The maximum Gasteiger partial charge on any atom is 0.141 e. The first-order valence-electron chi connectivity index (χ1n) is 8.61. The molecule has 0 saturated carbocycles. The lowest BCUT2D eigenvalue weighted by Gasteiger charge is -2.10. The van der Waals surface area contributed by atoms with E-state index in [2.05, 4.69) is 27.8 Å². The summed E-state index contributed by atoms with van der Waals surface area (Å²) in [7, 11) is 0. The fraction of sp³-hybridized carbons (Fsp3) is 0.143. The van der Waals surface area contributed by atoms with E-state index < -0.39 is 5.82 Å². The van der Waals surface area contributed by atoms with Gasteiger partial charge < -0.3 is 4.57 Å². The highest BCUT2D eigenvalue weighted by Gasteiger charge is 2.23. The molecule has 3 nitrogen and oxygen atoms in total. The molecule has 128 valence electrons. The maximum atomic E-state index is 13.6. The van der Waals surface area contributed by atoms with E-state index in [0.717, 1.165) is 58.6 Å². The summed E-state index contributed by atoms with van der Waals surface area (Å²) in [4.78, 5) is 9.25. The van der Waals surface area contributed by atoms with Crippen molar-refractivity contribution in [3.63, 3.8) is 0 Å². The minimum Gasteiger partial charge on any atom is -0.327 e. The molecule has 26 heavy (non-hydrogen) atoms. The number of nitrogens with zero attached hydrogens (tertiary/aromatic N) is 3. The van der Waals surface area contributed by atoms with Crippen LogP contribution in [0.5, 0.6) is 0 Å². The number of aryl methyl sites for hydroxylation is 1. The minimum atomic E-state index is -0.416. The Morgan fingerprint density at radius 2 is 1.92 bits per heavy atom. The molecule has 0 spiro atoms. The summed E-state index contributed by atoms with van der Waals surface area (Å²) in [6.45, 7) is 0.942. The van der Waals surface area contributed by atoms with Crippen LogP contribution in [-0.2, 0) is 13.0 Å². The predicted molar refractivity (Wildman–Crippen MR) is 102 cm³/mol. The maximum absolute atomic E-state index is 13.6. The Labute approximate surface area is 155 Å². The van der Waals surface area contributed by atoms with E-state index in [1.165, 1.54) is 6.07 Å². The van der Waals surface area contributed by atoms with Crippen LogP contribution in [0.4, 0.5) is 4.39 Å². The fourth-order valence-corrected chi connectivity index (χ4v) is 3.87. The van der Waals surface area contributed by atoms with Crippen molar-refractivity contribution in [3.8, 4) is 22.5 Å². The summed E-state index contributed by atoms with van der Waals surface area (Å²) in [6, 6.07) is 15.0. The van der Waals surface area contributed by atoms with Gasteiger partial charge in [0.05, 0.1) is 21.9 Å². The van der Waals surface area contributed by atoms with Gasteiger partial charge in [0.1, 0.15) is 11.6 Å². The lowest BCUT2D eigenvalue weighted by atomic mass is 10.0. The van der Waals surface area contributed by atoms with Gasteiger partial charge in [0.2, 0.25) is 0 Å². The fourth-order valence-electron chi connectivity index (χ4n) is 3.69. The summed E-state index contributed by atoms with van der Waals surface area (Å²) < 4.78 is 15.9. The summed E-state index contributed by atoms with van der Waals surface area (Å²) in [5.41, 5.74) is 4.79. The first kappa shape index (κ1) is 15.5. The van der Waals surface area contributed by atoms with Gasteiger partial charge in [-0.1, -0.05) is 23.7 Å². The first-order valence-corrected chi connectivity index (χ1v) is 8.98. The van der Waals surface area contributed by atoms with Gasteiger partial charge >= 0.3 is 0 Å². The van der Waals surface area contributed by atoms with E-state index in [4.69, 9.17) is 16.6 Å². The van der Waals surface area contributed by atoms with Crippen molar-refractivity contribution in [1.82, 2.24) is 14.5 Å². The van der Waals surface area contributed by atoms with Gasteiger partial charge in [-0.2, -0.15) is 0 Å². The molecule has 0 saturated heterocycles. The van der Waals surface area contributed by atoms with E-state index in [1.54, 1.807) is 18.3 Å². The zero-order valence-corrected chi connectivity index (χ0v) is 14.7. The molecular formula is C21H15ClFN3. The van der Waals surface area contributed by atoms with Crippen molar-refractivity contribution in [2.75, 3.05) is 0 Å². The van der Waals surface area contributed by atoms with Gasteiger partial charge in [-0.05, 0) is 42.8 Å². The summed E-state index contributed by atoms with van der Waals surface area (Å²) in [5.74, 6) is 0.655. The highest BCUT2D eigenvalue weighted by molar-refractivity contribution is 6.31. The highest BCUT2D eigenvalue weighted by atomic mass is 35.5. The number of halogens is 2. The van der Waals surface area contributed by atoms with Crippen molar-refractivity contribution in [2.45, 2.75) is 19.4 Å². The van der Waals surface area contributed by atoms with E-state index in [0.29, 0.717) is 0 Å². The summed E-state index contributed by atoms with van der Waals surface area (Å²) in [6.07, 6.45) is 3.84. The first-order chi connectivity index (χ1) is 12.7. The van der Waals surface area contributed by atoms with Crippen LogP contribution in [0.1, 0.15) is 12.2 Å². The third-order valence-corrected chi connectivity index (χ3v) is 5.19. The molecular weight excluding hydrogens is 349 g/mol. The quantitative estimate of drug-likeness (QED) is 0.470. The molecule has 4 aromatic rings. The van der Waals surface area contributed by atoms with Gasteiger partial charge in [-0.15, -0.1) is 0 Å². The highest BCUT2D eigenvalue weighted by Crippen LogP contribution is 2.37. The average molecular weight is 364 g/mol. The molecule has 5 heteroatoms. The van der Waals surface area contributed by atoms with E-state index in [-0.39, 0.29) is 5.02 Å². The lowest BCUT2D eigenvalue weighted by Crippen LogP contribution is -1.96. The SMILES string of the molecule is Fc1ccc(-c2nc3n(c2-c2ccc4ncccc4c2)CCC3)cc1Cl. The lowest BCUT2D eigenvalue weighted by molar-refractivity contribution is 0.628. The largest absolute Gasteiger partial charge is 0.327 e. The molecule has 1 aliphatic rings. The molecule has 0 aliphatic carbocycles. The molecule has 3 heterocycles. The number of benzene rings is 2. The van der Waals surface area contributed by atoms with Crippen molar-refractivity contribution in [2.24, 2.45) is 0 Å². The molecule has 0 radical (unpaired) electrons. The Morgan fingerprint density at radius 3 is 2.81 bits per heavy atom. The Kier molecular flexibility index (Phi) is 3.54. The molecule has 1 aliphatic heterocycles. The smallest absolute Gasteiger partial charge is 0.141 e. The van der Waals surface area contributed by atoms with Gasteiger partial charge in [0, 0.05) is 35.7 Å². The number of hydrogen-bond acceptors (Lipinski definition) is 2. The van der Waals surface area contributed by atoms with Crippen LogP contribution < -0.4 is 0 Å². The second-order valence-corrected chi connectivity index (χ2v) is 6.93. The van der Waals surface area contributed by atoms with Crippen LogP contribution in [0.15, 0.2) is 54.7 Å². The van der Waals surface area contributed by atoms with Gasteiger partial charge in [-0.25, -0.2) is 9.37 Å². The number of pyridine rings is 1. The predicted octanol–water partition coefficient (Wildman–Crippen LogP) is 5.50. The van der Waals surface area contributed by atoms with Crippen molar-refractivity contribution >= 4 is 22.5 Å². The molecule has 0 fully saturated rings. The van der Waals surface area contributed by atoms with E-state index in [9.17, 15) is 4.39 Å². The summed E-state index contributed by atoms with van der Waals surface area (Å²) >= 11 is 6.02. The molecule has 5 rings (SSSR count). The molecule has 0 atom stereocenters. The van der Waals surface area contributed by atoms with Crippen LogP contribution >= 0.6 is 11.6 Å². The Hall–Kier alpha value is -2.72. The van der Waals surface area contributed by atoms with Crippen LogP contribution in [-0.4, -0.2) is 14.5 Å². The second kappa shape index (κ2) is 5.92. The van der Waals surface area contributed by atoms with Gasteiger partial charge in [0.25, 0.3) is 0 Å². The van der Waals surface area contributed by atoms with Crippen molar-refractivity contribution in [1.29, 1.82) is 0 Å². The zero-order chi connectivity index (χ0) is 17.7. The standard InChI is InChI=1S/C21H15ClFN3/c22-16-12-14(5-7-17(16)23)20-21(26-10-2-4-19(26)25-20)15-6-8-18-13(11-15)3-1-9-24-18/h1,3,5-9,11-12H,2,4,10H2. The van der Waals surface area contributed by atoms with Crippen LogP contribution in [0.3, 0.4) is 0 Å².